The monoisotopic (exact) mass is 422 g/mol. The predicted octanol–water partition coefficient (Wildman–Crippen LogP) is 4.35. The second kappa shape index (κ2) is 9.51. The summed E-state index contributed by atoms with van der Waals surface area (Å²) in [5, 5.41) is 6.39. The van der Waals surface area contributed by atoms with Crippen LogP contribution in [0.5, 0.6) is 0 Å². The lowest BCUT2D eigenvalue weighted by molar-refractivity contribution is -0.136. The minimum absolute atomic E-state index is 0.252. The average Bonchev–Trinajstić information content (AvgIpc) is 3.16. The van der Waals surface area contributed by atoms with Gasteiger partial charge < -0.3 is 21.3 Å². The first kappa shape index (κ1) is 22.1. The molecule has 1 aromatic carbocycles. The van der Waals surface area contributed by atoms with Crippen LogP contribution in [0.15, 0.2) is 24.3 Å². The van der Waals surface area contributed by atoms with E-state index >= 15 is 0 Å². The lowest BCUT2D eigenvalue weighted by atomic mass is 10.1. The number of aromatic nitrogens is 2. The van der Waals surface area contributed by atoms with E-state index in [-0.39, 0.29) is 11.4 Å². The van der Waals surface area contributed by atoms with Crippen LogP contribution in [-0.4, -0.2) is 35.6 Å². The molecule has 2 aromatic rings. The molecular formula is C21H29F3N6. The zero-order valence-corrected chi connectivity index (χ0v) is 17.4. The van der Waals surface area contributed by atoms with Gasteiger partial charge in [-0.1, -0.05) is 20.3 Å². The van der Waals surface area contributed by atoms with Crippen molar-refractivity contribution in [2.45, 2.75) is 51.7 Å². The number of benzene rings is 1. The van der Waals surface area contributed by atoms with Gasteiger partial charge in [-0.2, -0.15) is 18.2 Å². The van der Waals surface area contributed by atoms with Crippen molar-refractivity contribution in [2.24, 2.45) is 0 Å². The van der Waals surface area contributed by atoms with E-state index in [0.29, 0.717) is 12.0 Å². The van der Waals surface area contributed by atoms with Crippen molar-refractivity contribution in [3.8, 4) is 0 Å². The van der Waals surface area contributed by atoms with Gasteiger partial charge in [0.05, 0.1) is 5.56 Å². The largest absolute Gasteiger partial charge is 0.418 e. The average molecular weight is 422 g/mol. The topological polar surface area (TPSA) is 79.1 Å². The zero-order chi connectivity index (χ0) is 21.7. The van der Waals surface area contributed by atoms with E-state index in [2.05, 4.69) is 39.3 Å². The highest BCUT2D eigenvalue weighted by Gasteiger charge is 2.33. The number of nitrogens with two attached hydrogens (primary N) is 1. The molecule has 1 saturated heterocycles. The SMILES string of the molecule is CCCCc1cc(N2CC[C@H](NCC)C2)nc(Nc2ccc(N)c(C(F)(F)F)c2)n1. The first-order valence-corrected chi connectivity index (χ1v) is 10.4. The summed E-state index contributed by atoms with van der Waals surface area (Å²) in [5.74, 6) is 1.09. The van der Waals surface area contributed by atoms with Crippen LogP contribution in [0.2, 0.25) is 0 Å². The number of anilines is 4. The summed E-state index contributed by atoms with van der Waals surface area (Å²) in [6.45, 7) is 6.82. The Hall–Kier alpha value is -2.55. The van der Waals surface area contributed by atoms with Gasteiger partial charge in [-0.3, -0.25) is 0 Å². The van der Waals surface area contributed by atoms with Gasteiger partial charge in [0.15, 0.2) is 0 Å². The highest BCUT2D eigenvalue weighted by atomic mass is 19.4. The molecule has 4 N–H and O–H groups in total. The number of aryl methyl sites for hydroxylation is 1. The Bertz CT molecular complexity index is 855. The number of rotatable bonds is 8. The lowest BCUT2D eigenvalue weighted by Crippen LogP contribution is -2.32. The molecule has 30 heavy (non-hydrogen) atoms. The summed E-state index contributed by atoms with van der Waals surface area (Å²) in [4.78, 5) is 11.3. The molecule has 164 valence electrons. The second-order valence-corrected chi connectivity index (χ2v) is 7.56. The van der Waals surface area contributed by atoms with Gasteiger partial charge in [-0.25, -0.2) is 4.98 Å². The Morgan fingerprint density at radius 3 is 2.70 bits per heavy atom. The fourth-order valence-electron chi connectivity index (χ4n) is 3.62. The zero-order valence-electron chi connectivity index (χ0n) is 17.4. The molecule has 1 atom stereocenters. The standard InChI is InChI=1S/C21H29F3N6/c1-3-5-6-14-12-19(30-10-9-16(13-30)26-4-2)29-20(27-14)28-15-7-8-18(25)17(11-15)21(22,23)24/h7-8,11-12,16,26H,3-6,9-10,13,25H2,1-2H3,(H,27,28,29)/t16-/m0/s1. The minimum atomic E-state index is -4.52. The minimum Gasteiger partial charge on any atom is -0.398 e. The summed E-state index contributed by atoms with van der Waals surface area (Å²) in [6, 6.07) is 6.14. The van der Waals surface area contributed by atoms with Crippen LogP contribution < -0.4 is 21.3 Å². The maximum Gasteiger partial charge on any atom is 0.418 e. The number of likely N-dealkylation sites (N-methyl/N-ethyl adjacent to an activating group) is 1. The molecule has 9 heteroatoms. The van der Waals surface area contributed by atoms with E-state index in [9.17, 15) is 13.2 Å². The number of unbranched alkanes of at least 4 members (excludes halogenated alkanes) is 1. The van der Waals surface area contributed by atoms with Crippen LogP contribution >= 0.6 is 0 Å². The van der Waals surface area contributed by atoms with Crippen LogP contribution in [0.25, 0.3) is 0 Å². The van der Waals surface area contributed by atoms with E-state index in [0.717, 1.165) is 62.9 Å². The second-order valence-electron chi connectivity index (χ2n) is 7.56. The first-order valence-electron chi connectivity index (χ1n) is 10.4. The summed E-state index contributed by atoms with van der Waals surface area (Å²) in [6.07, 6.45) is -0.691. The summed E-state index contributed by atoms with van der Waals surface area (Å²) < 4.78 is 39.6. The summed E-state index contributed by atoms with van der Waals surface area (Å²) >= 11 is 0. The van der Waals surface area contributed by atoms with E-state index < -0.39 is 11.7 Å². The molecule has 0 radical (unpaired) electrons. The third-order valence-electron chi connectivity index (χ3n) is 5.17. The lowest BCUT2D eigenvalue weighted by Gasteiger charge is -2.20. The van der Waals surface area contributed by atoms with Gasteiger partial charge in [-0.05, 0) is 44.0 Å². The third-order valence-corrected chi connectivity index (χ3v) is 5.17. The van der Waals surface area contributed by atoms with Crippen LogP contribution in [0, 0.1) is 0 Å². The Balaban J connectivity index is 1.87. The number of hydrogen-bond donors (Lipinski definition) is 3. The molecule has 0 saturated carbocycles. The molecule has 1 aliphatic rings. The third kappa shape index (κ3) is 5.53. The first-order chi connectivity index (χ1) is 14.3. The van der Waals surface area contributed by atoms with Gasteiger partial charge >= 0.3 is 6.18 Å². The maximum absolute atomic E-state index is 13.2. The van der Waals surface area contributed by atoms with Crippen LogP contribution in [0.3, 0.4) is 0 Å². The summed E-state index contributed by atoms with van der Waals surface area (Å²) in [7, 11) is 0. The van der Waals surface area contributed by atoms with Gasteiger partial charge in [0, 0.05) is 42.3 Å². The molecule has 1 fully saturated rings. The van der Waals surface area contributed by atoms with Gasteiger partial charge in [0.2, 0.25) is 5.95 Å². The number of nitrogen functional groups attached to an aromatic ring is 1. The molecule has 1 aromatic heterocycles. The van der Waals surface area contributed by atoms with E-state index in [1.165, 1.54) is 12.1 Å². The quantitative estimate of drug-likeness (QED) is 0.549. The van der Waals surface area contributed by atoms with Gasteiger partial charge in [0.25, 0.3) is 0 Å². The maximum atomic E-state index is 13.2. The van der Waals surface area contributed by atoms with E-state index in [1.807, 2.05) is 6.07 Å². The molecule has 0 aliphatic carbocycles. The number of nitrogens with one attached hydrogen (secondary N) is 2. The Morgan fingerprint density at radius 1 is 1.20 bits per heavy atom. The van der Waals surface area contributed by atoms with Crippen molar-refractivity contribution in [1.29, 1.82) is 0 Å². The molecular weight excluding hydrogens is 393 g/mol. The molecule has 1 aliphatic heterocycles. The Kier molecular flexibility index (Phi) is 7.02. The van der Waals surface area contributed by atoms with Crippen LogP contribution in [-0.2, 0) is 12.6 Å². The van der Waals surface area contributed by atoms with Gasteiger partial charge in [0.1, 0.15) is 5.82 Å². The highest BCUT2D eigenvalue weighted by Crippen LogP contribution is 2.35. The van der Waals surface area contributed by atoms with Crippen LogP contribution in [0.4, 0.5) is 36.3 Å². The molecule has 3 rings (SSSR count). The van der Waals surface area contributed by atoms with Crippen molar-refractivity contribution < 1.29 is 13.2 Å². The predicted molar refractivity (Wildman–Crippen MR) is 114 cm³/mol. The van der Waals surface area contributed by atoms with Crippen molar-refractivity contribution in [2.75, 3.05) is 35.6 Å². The molecule has 0 spiro atoms. The summed E-state index contributed by atoms with van der Waals surface area (Å²) in [5.41, 5.74) is 5.45. The van der Waals surface area contributed by atoms with Crippen molar-refractivity contribution in [3.63, 3.8) is 0 Å². The van der Waals surface area contributed by atoms with Gasteiger partial charge in [-0.15, -0.1) is 0 Å². The molecule has 0 unspecified atom stereocenters. The number of hydrogen-bond acceptors (Lipinski definition) is 6. The fraction of sp³-hybridized carbons (Fsp3) is 0.524. The fourth-order valence-corrected chi connectivity index (χ4v) is 3.62. The molecule has 0 bridgehead atoms. The Labute approximate surface area is 175 Å². The number of halogens is 3. The highest BCUT2D eigenvalue weighted by molar-refractivity contribution is 5.63. The van der Waals surface area contributed by atoms with E-state index in [4.69, 9.17) is 5.73 Å². The van der Waals surface area contributed by atoms with Crippen LogP contribution in [0.1, 0.15) is 44.4 Å². The van der Waals surface area contributed by atoms with Crippen molar-refractivity contribution in [1.82, 2.24) is 15.3 Å². The molecule has 0 amide bonds. The molecule has 2 heterocycles. The number of nitrogens with zero attached hydrogens (tertiary/aromatic N) is 3. The smallest absolute Gasteiger partial charge is 0.398 e. The number of alkyl halides is 3. The Morgan fingerprint density at radius 2 is 2.00 bits per heavy atom. The molecule has 6 nitrogen and oxygen atoms in total. The normalized spacial score (nSPS) is 16.8. The van der Waals surface area contributed by atoms with E-state index in [1.54, 1.807) is 0 Å². The van der Waals surface area contributed by atoms with Crippen molar-refractivity contribution in [3.05, 3.63) is 35.5 Å². The van der Waals surface area contributed by atoms with Crippen molar-refractivity contribution >= 4 is 23.1 Å².